The highest BCUT2D eigenvalue weighted by Crippen LogP contribution is 2.24. The number of hydrogen-bond donors (Lipinski definition) is 2. The van der Waals surface area contributed by atoms with E-state index in [9.17, 15) is 0 Å². The lowest BCUT2D eigenvalue weighted by atomic mass is 10.1. The molecule has 1 fully saturated rings. The first-order chi connectivity index (χ1) is 10.3. The first kappa shape index (κ1) is 13.8. The molecule has 3 rings (SSSR count). The van der Waals surface area contributed by atoms with Crippen molar-refractivity contribution in [3.05, 3.63) is 35.9 Å². The van der Waals surface area contributed by atoms with Gasteiger partial charge < -0.3 is 15.4 Å². The summed E-state index contributed by atoms with van der Waals surface area (Å²) >= 11 is 0. The molecule has 1 aliphatic heterocycles. The molecule has 21 heavy (non-hydrogen) atoms. The Morgan fingerprint density at radius 1 is 1.24 bits per heavy atom. The van der Waals surface area contributed by atoms with Crippen molar-refractivity contribution in [1.29, 1.82) is 0 Å². The van der Waals surface area contributed by atoms with Crippen molar-refractivity contribution in [1.82, 2.24) is 15.5 Å². The predicted molar refractivity (Wildman–Crippen MR) is 83.7 cm³/mol. The highest BCUT2D eigenvalue weighted by molar-refractivity contribution is 5.62. The zero-order valence-electron chi connectivity index (χ0n) is 12.4. The quantitative estimate of drug-likeness (QED) is 0.901. The fraction of sp³-hybridized carbons (Fsp3) is 0.375. The summed E-state index contributed by atoms with van der Waals surface area (Å²) in [6.07, 6.45) is 1.13. The molecule has 2 N–H and O–H groups in total. The van der Waals surface area contributed by atoms with Crippen molar-refractivity contribution in [2.45, 2.75) is 19.4 Å². The topological polar surface area (TPSA) is 59.1 Å². The second-order valence-corrected chi connectivity index (χ2v) is 5.32. The van der Waals surface area contributed by atoms with E-state index in [-0.39, 0.29) is 0 Å². The van der Waals surface area contributed by atoms with Gasteiger partial charge in [0.15, 0.2) is 0 Å². The molecule has 2 aromatic rings. The molecule has 0 radical (unpaired) electrons. The van der Waals surface area contributed by atoms with Crippen LogP contribution in [0.3, 0.4) is 0 Å². The standard InChI is InChI=1S/C16H20N4O/c1-11-9-12(3-5-15(11)21-2)14-4-6-16(20-19-14)18-13-7-8-17-10-13/h3-6,9,13,17H,7-8,10H2,1-2H3,(H,18,20). The monoisotopic (exact) mass is 284 g/mol. The number of benzene rings is 1. The fourth-order valence-electron chi connectivity index (χ4n) is 2.59. The Morgan fingerprint density at radius 2 is 2.14 bits per heavy atom. The van der Waals surface area contributed by atoms with Gasteiger partial charge in [0.25, 0.3) is 0 Å². The van der Waals surface area contributed by atoms with Gasteiger partial charge in [-0.15, -0.1) is 10.2 Å². The van der Waals surface area contributed by atoms with Gasteiger partial charge in [-0.2, -0.15) is 0 Å². The Bertz CT molecular complexity index is 606. The molecule has 0 amide bonds. The molecule has 0 bridgehead atoms. The zero-order chi connectivity index (χ0) is 14.7. The number of anilines is 1. The number of methoxy groups -OCH3 is 1. The molecule has 5 nitrogen and oxygen atoms in total. The second kappa shape index (κ2) is 6.10. The minimum atomic E-state index is 0.452. The number of rotatable bonds is 4. The van der Waals surface area contributed by atoms with Crippen LogP contribution in [0.15, 0.2) is 30.3 Å². The smallest absolute Gasteiger partial charge is 0.148 e. The van der Waals surface area contributed by atoms with E-state index in [4.69, 9.17) is 4.74 Å². The van der Waals surface area contributed by atoms with E-state index in [1.54, 1.807) is 7.11 Å². The third kappa shape index (κ3) is 3.13. The summed E-state index contributed by atoms with van der Waals surface area (Å²) in [6.45, 7) is 4.08. The largest absolute Gasteiger partial charge is 0.496 e. The van der Waals surface area contributed by atoms with Crippen LogP contribution in [0.4, 0.5) is 5.82 Å². The van der Waals surface area contributed by atoms with Gasteiger partial charge in [-0.3, -0.25) is 0 Å². The normalized spacial score (nSPS) is 17.7. The molecule has 1 unspecified atom stereocenters. The molecule has 1 atom stereocenters. The number of aromatic nitrogens is 2. The van der Waals surface area contributed by atoms with Crippen molar-refractivity contribution in [2.75, 3.05) is 25.5 Å². The highest BCUT2D eigenvalue weighted by Gasteiger charge is 2.14. The molecule has 110 valence electrons. The van der Waals surface area contributed by atoms with Gasteiger partial charge in [0, 0.05) is 18.2 Å². The Hall–Kier alpha value is -2.14. The van der Waals surface area contributed by atoms with Crippen molar-refractivity contribution >= 4 is 5.82 Å². The van der Waals surface area contributed by atoms with Gasteiger partial charge in [-0.1, -0.05) is 0 Å². The lowest BCUT2D eigenvalue weighted by Crippen LogP contribution is -2.22. The maximum atomic E-state index is 5.28. The van der Waals surface area contributed by atoms with Crippen LogP contribution in [-0.2, 0) is 0 Å². The molecular weight excluding hydrogens is 264 g/mol. The Balaban J connectivity index is 1.75. The van der Waals surface area contributed by atoms with Gasteiger partial charge in [-0.25, -0.2) is 0 Å². The van der Waals surface area contributed by atoms with Crippen LogP contribution in [0, 0.1) is 6.92 Å². The molecule has 0 aliphatic carbocycles. The zero-order valence-corrected chi connectivity index (χ0v) is 12.4. The van der Waals surface area contributed by atoms with E-state index >= 15 is 0 Å². The number of ether oxygens (including phenoxy) is 1. The first-order valence-electron chi connectivity index (χ1n) is 7.22. The number of nitrogens with zero attached hydrogens (tertiary/aromatic N) is 2. The molecule has 0 saturated carbocycles. The van der Waals surface area contributed by atoms with Crippen LogP contribution in [0.5, 0.6) is 5.75 Å². The predicted octanol–water partition coefficient (Wildman–Crippen LogP) is 2.23. The Labute approximate surface area is 124 Å². The summed E-state index contributed by atoms with van der Waals surface area (Å²) in [4.78, 5) is 0. The summed E-state index contributed by atoms with van der Waals surface area (Å²) in [5, 5.41) is 15.3. The van der Waals surface area contributed by atoms with Crippen molar-refractivity contribution in [2.24, 2.45) is 0 Å². The molecule has 1 aromatic carbocycles. The maximum Gasteiger partial charge on any atom is 0.148 e. The van der Waals surface area contributed by atoms with Crippen LogP contribution in [0.1, 0.15) is 12.0 Å². The number of nitrogens with one attached hydrogen (secondary N) is 2. The van der Waals surface area contributed by atoms with E-state index in [0.29, 0.717) is 6.04 Å². The van der Waals surface area contributed by atoms with Gasteiger partial charge in [0.05, 0.1) is 12.8 Å². The highest BCUT2D eigenvalue weighted by atomic mass is 16.5. The van der Waals surface area contributed by atoms with Crippen molar-refractivity contribution in [3.8, 4) is 17.0 Å². The lowest BCUT2D eigenvalue weighted by Gasteiger charge is -2.11. The van der Waals surface area contributed by atoms with E-state index in [1.807, 2.05) is 31.2 Å². The lowest BCUT2D eigenvalue weighted by molar-refractivity contribution is 0.412. The summed E-state index contributed by atoms with van der Waals surface area (Å²) in [5.74, 6) is 1.72. The summed E-state index contributed by atoms with van der Waals surface area (Å²) < 4.78 is 5.28. The molecule has 2 heterocycles. The molecule has 1 aliphatic rings. The average molecular weight is 284 g/mol. The third-order valence-corrected chi connectivity index (χ3v) is 3.77. The van der Waals surface area contributed by atoms with Crippen LogP contribution in [0.2, 0.25) is 0 Å². The van der Waals surface area contributed by atoms with Crippen LogP contribution in [0.25, 0.3) is 11.3 Å². The van der Waals surface area contributed by atoms with E-state index in [1.165, 1.54) is 0 Å². The van der Waals surface area contributed by atoms with E-state index in [2.05, 4.69) is 26.9 Å². The molecule has 5 heteroatoms. The van der Waals surface area contributed by atoms with E-state index < -0.39 is 0 Å². The first-order valence-corrected chi connectivity index (χ1v) is 7.22. The minimum absolute atomic E-state index is 0.452. The second-order valence-electron chi connectivity index (χ2n) is 5.32. The van der Waals surface area contributed by atoms with E-state index in [0.717, 1.165) is 47.9 Å². The maximum absolute atomic E-state index is 5.28. The van der Waals surface area contributed by atoms with Crippen LogP contribution < -0.4 is 15.4 Å². The number of hydrogen-bond acceptors (Lipinski definition) is 5. The van der Waals surface area contributed by atoms with Crippen LogP contribution in [-0.4, -0.2) is 36.4 Å². The van der Waals surface area contributed by atoms with Gasteiger partial charge in [0.2, 0.25) is 0 Å². The van der Waals surface area contributed by atoms with Crippen molar-refractivity contribution in [3.63, 3.8) is 0 Å². The number of aryl methyl sites for hydroxylation is 1. The molecule has 1 saturated heterocycles. The summed E-state index contributed by atoms with van der Waals surface area (Å²) in [6, 6.07) is 10.5. The summed E-state index contributed by atoms with van der Waals surface area (Å²) in [5.41, 5.74) is 3.02. The van der Waals surface area contributed by atoms with Crippen molar-refractivity contribution < 1.29 is 4.74 Å². The third-order valence-electron chi connectivity index (χ3n) is 3.77. The van der Waals surface area contributed by atoms with Gasteiger partial charge in [0.1, 0.15) is 11.6 Å². The van der Waals surface area contributed by atoms with Gasteiger partial charge >= 0.3 is 0 Å². The molecular formula is C16H20N4O. The minimum Gasteiger partial charge on any atom is -0.496 e. The molecule has 0 spiro atoms. The average Bonchev–Trinajstić information content (AvgIpc) is 3.01. The summed E-state index contributed by atoms with van der Waals surface area (Å²) in [7, 11) is 1.68. The SMILES string of the molecule is COc1ccc(-c2ccc(NC3CCNC3)nn2)cc1C. The molecule has 1 aromatic heterocycles. The fourth-order valence-corrected chi connectivity index (χ4v) is 2.59. The Kier molecular flexibility index (Phi) is 4.01. The van der Waals surface area contributed by atoms with Gasteiger partial charge in [-0.05, 0) is 55.8 Å². The Morgan fingerprint density at radius 3 is 2.76 bits per heavy atom. The van der Waals surface area contributed by atoms with Crippen LogP contribution >= 0.6 is 0 Å².